The molecule has 2 heterocycles. The Balaban J connectivity index is 1.35. The van der Waals surface area contributed by atoms with E-state index in [9.17, 15) is 50.1 Å². The summed E-state index contributed by atoms with van der Waals surface area (Å²) in [6, 6.07) is 8.86. The zero-order valence-corrected chi connectivity index (χ0v) is 24.9. The quantitative estimate of drug-likeness (QED) is 0.114. The Morgan fingerprint density at radius 2 is 1.72 bits per heavy atom. The fraction of sp³-hybridized carbons (Fsp3) is 0.406. The van der Waals surface area contributed by atoms with Crippen LogP contribution in [-0.4, -0.2) is 103 Å². The van der Waals surface area contributed by atoms with Crippen molar-refractivity contribution in [1.82, 2.24) is 0 Å². The van der Waals surface area contributed by atoms with Crippen molar-refractivity contribution in [3.63, 3.8) is 0 Å². The first-order chi connectivity index (χ1) is 22.2. The zero-order chi connectivity index (χ0) is 34.0. The van der Waals surface area contributed by atoms with Crippen LogP contribution in [0.1, 0.15) is 35.7 Å². The summed E-state index contributed by atoms with van der Waals surface area (Å²) in [7, 11) is 0. The normalized spacial score (nSPS) is 31.8. The maximum Gasteiger partial charge on any atom is 0.338 e. The lowest BCUT2D eigenvalue weighted by Gasteiger charge is -2.45. The maximum atomic E-state index is 13.0. The van der Waals surface area contributed by atoms with Gasteiger partial charge < -0.3 is 59.4 Å². The Hall–Kier alpha value is -4.67. The third-order valence-electron chi connectivity index (χ3n) is 8.44. The van der Waals surface area contributed by atoms with Gasteiger partial charge in [-0.15, -0.1) is 0 Å². The van der Waals surface area contributed by atoms with Crippen LogP contribution in [0.3, 0.4) is 0 Å². The molecule has 5 rings (SSSR count). The summed E-state index contributed by atoms with van der Waals surface area (Å²) in [6.07, 6.45) is -5.96. The molecule has 0 amide bonds. The van der Waals surface area contributed by atoms with E-state index in [1.165, 1.54) is 55.5 Å². The number of hydrogen-bond donors (Lipinski definition) is 7. The molecule has 0 radical (unpaired) electrons. The number of benzene rings is 2. The summed E-state index contributed by atoms with van der Waals surface area (Å²) in [6.45, 7) is 0.888. The standard InChI is InChI=1S/C32H34O15/c1-32(42)11-10-18-19(28(39)40)13-44-30(24(18)32)47-31-27(46-29(41)16-4-6-17(33)7-5-16)26(38)25(37)22(45-31)14-43-23(36)9-3-15-2-8-20(34)21(35)12-15/h2-9,12-13,18,22,24-27,30-31,33-35,37-38,42H,10-11,14H2,1H3,(H,39,40). The second-order valence-electron chi connectivity index (χ2n) is 11.7. The Labute approximate surface area is 267 Å². The van der Waals surface area contributed by atoms with Crippen LogP contribution in [0.4, 0.5) is 0 Å². The molecular formula is C32H34O15. The summed E-state index contributed by atoms with van der Waals surface area (Å²) in [5.41, 5.74) is -1.16. The molecule has 0 spiro atoms. The van der Waals surface area contributed by atoms with Crippen molar-refractivity contribution in [1.29, 1.82) is 0 Å². The molecule has 0 aromatic heterocycles. The van der Waals surface area contributed by atoms with Gasteiger partial charge in [0.2, 0.25) is 12.6 Å². The van der Waals surface area contributed by atoms with E-state index in [4.69, 9.17) is 23.7 Å². The number of phenolic OH excluding ortho intramolecular Hbond substituents is 3. The number of carboxylic acid groups (broad SMARTS) is 1. The SMILES string of the molecule is CC1(O)CCC2C(C(=O)O)=COC(OC3OC(COC(=O)C=Cc4ccc(O)c(O)c4)C(O)C(O)C3OC(=O)c3ccc(O)cc3)C21. The van der Waals surface area contributed by atoms with E-state index in [1.807, 2.05) is 0 Å². The Morgan fingerprint density at radius 3 is 2.40 bits per heavy atom. The molecule has 2 aromatic carbocycles. The van der Waals surface area contributed by atoms with Crippen LogP contribution in [0, 0.1) is 11.8 Å². The Kier molecular flexibility index (Phi) is 9.74. The van der Waals surface area contributed by atoms with Gasteiger partial charge in [-0.25, -0.2) is 14.4 Å². The number of aliphatic carboxylic acids is 1. The van der Waals surface area contributed by atoms with E-state index in [0.29, 0.717) is 12.0 Å². The second-order valence-corrected chi connectivity index (χ2v) is 11.7. The van der Waals surface area contributed by atoms with Crippen molar-refractivity contribution in [3.05, 3.63) is 71.5 Å². The van der Waals surface area contributed by atoms with Gasteiger partial charge in [-0.3, -0.25) is 0 Å². The molecule has 15 nitrogen and oxygen atoms in total. The first kappa shape index (κ1) is 33.7. The number of ether oxygens (including phenoxy) is 5. The van der Waals surface area contributed by atoms with Gasteiger partial charge in [-0.05, 0) is 67.8 Å². The second kappa shape index (κ2) is 13.6. The van der Waals surface area contributed by atoms with Crippen LogP contribution in [0.15, 0.2) is 60.4 Å². The molecule has 15 heteroatoms. The number of carboxylic acids is 1. The van der Waals surface area contributed by atoms with Gasteiger partial charge in [0, 0.05) is 12.0 Å². The van der Waals surface area contributed by atoms with Crippen molar-refractivity contribution in [2.75, 3.05) is 6.61 Å². The topological polar surface area (TPSA) is 239 Å². The summed E-state index contributed by atoms with van der Waals surface area (Å²) in [4.78, 5) is 37.3. The Bertz CT molecular complexity index is 1550. The highest BCUT2D eigenvalue weighted by Crippen LogP contribution is 2.49. The van der Waals surface area contributed by atoms with Gasteiger partial charge in [0.05, 0.1) is 28.9 Å². The smallest absolute Gasteiger partial charge is 0.338 e. The number of esters is 2. The van der Waals surface area contributed by atoms with Crippen molar-refractivity contribution < 1.29 is 73.8 Å². The molecular weight excluding hydrogens is 624 g/mol. The average molecular weight is 659 g/mol. The molecule has 1 saturated carbocycles. The largest absolute Gasteiger partial charge is 0.508 e. The fourth-order valence-corrected chi connectivity index (χ4v) is 5.92. The number of phenols is 3. The van der Waals surface area contributed by atoms with Gasteiger partial charge in [0.25, 0.3) is 0 Å². The van der Waals surface area contributed by atoms with Gasteiger partial charge in [-0.1, -0.05) is 6.07 Å². The molecule has 2 aromatic rings. The van der Waals surface area contributed by atoms with Crippen LogP contribution >= 0.6 is 0 Å². The van der Waals surface area contributed by atoms with Crippen LogP contribution in [-0.2, 0) is 33.3 Å². The van der Waals surface area contributed by atoms with Crippen LogP contribution in [0.25, 0.3) is 6.08 Å². The Morgan fingerprint density at radius 1 is 1.00 bits per heavy atom. The minimum absolute atomic E-state index is 0.0187. The molecule has 7 N–H and O–H groups in total. The van der Waals surface area contributed by atoms with Crippen molar-refractivity contribution in [2.24, 2.45) is 11.8 Å². The maximum absolute atomic E-state index is 13.0. The van der Waals surface area contributed by atoms with Crippen LogP contribution < -0.4 is 0 Å². The molecule has 9 unspecified atom stereocenters. The molecule has 2 aliphatic heterocycles. The summed E-state index contributed by atoms with van der Waals surface area (Å²) >= 11 is 0. The van der Waals surface area contributed by atoms with E-state index in [-0.39, 0.29) is 29.1 Å². The lowest BCUT2D eigenvalue weighted by molar-refractivity contribution is -0.345. The van der Waals surface area contributed by atoms with Gasteiger partial charge in [0.1, 0.15) is 30.7 Å². The number of carbonyl (C=O) groups is 3. The number of carbonyl (C=O) groups excluding carboxylic acids is 2. The highest BCUT2D eigenvalue weighted by Gasteiger charge is 2.56. The summed E-state index contributed by atoms with van der Waals surface area (Å²) in [5.74, 6) is -5.55. The van der Waals surface area contributed by atoms with Crippen LogP contribution in [0.2, 0.25) is 0 Å². The van der Waals surface area contributed by atoms with Gasteiger partial charge >= 0.3 is 17.9 Å². The molecule has 0 bridgehead atoms. The number of fused-ring (bicyclic) bond motifs is 1. The van der Waals surface area contributed by atoms with Crippen LogP contribution in [0.5, 0.6) is 17.2 Å². The summed E-state index contributed by atoms with van der Waals surface area (Å²) < 4.78 is 28.2. The van der Waals surface area contributed by atoms with Gasteiger partial charge in [-0.2, -0.15) is 0 Å². The lowest BCUT2D eigenvalue weighted by atomic mass is 9.81. The molecule has 2 fully saturated rings. The van der Waals surface area contributed by atoms with E-state index in [2.05, 4.69) is 0 Å². The number of aliphatic hydroxyl groups is 3. The van der Waals surface area contributed by atoms with Gasteiger partial charge in [0.15, 0.2) is 17.6 Å². The first-order valence-corrected chi connectivity index (χ1v) is 14.6. The van der Waals surface area contributed by atoms with E-state index in [0.717, 1.165) is 12.3 Å². The predicted octanol–water partition coefficient (Wildman–Crippen LogP) is 1.15. The lowest BCUT2D eigenvalue weighted by Crippen LogP contribution is -2.62. The number of hydrogen-bond acceptors (Lipinski definition) is 14. The molecule has 3 aliphatic rings. The molecule has 252 valence electrons. The van der Waals surface area contributed by atoms with E-state index < -0.39 is 84.7 Å². The number of aliphatic hydroxyl groups excluding tert-OH is 2. The molecule has 1 aliphatic carbocycles. The minimum atomic E-state index is -1.86. The predicted molar refractivity (Wildman–Crippen MR) is 156 cm³/mol. The average Bonchev–Trinajstić information content (AvgIpc) is 3.35. The summed E-state index contributed by atoms with van der Waals surface area (Å²) in [5, 5.41) is 71.4. The van der Waals surface area contributed by atoms with E-state index in [1.54, 1.807) is 0 Å². The third-order valence-corrected chi connectivity index (χ3v) is 8.44. The number of rotatable bonds is 9. The van der Waals surface area contributed by atoms with Crippen molar-refractivity contribution in [3.8, 4) is 17.2 Å². The van der Waals surface area contributed by atoms with Crippen molar-refractivity contribution in [2.45, 2.75) is 62.4 Å². The zero-order valence-electron chi connectivity index (χ0n) is 24.9. The monoisotopic (exact) mass is 658 g/mol. The molecule has 47 heavy (non-hydrogen) atoms. The molecule has 9 atom stereocenters. The first-order valence-electron chi connectivity index (χ1n) is 14.6. The fourth-order valence-electron chi connectivity index (χ4n) is 5.92. The van der Waals surface area contributed by atoms with Crippen molar-refractivity contribution >= 4 is 24.0 Å². The third kappa shape index (κ3) is 7.34. The minimum Gasteiger partial charge on any atom is -0.508 e. The van der Waals surface area contributed by atoms with E-state index >= 15 is 0 Å². The highest BCUT2D eigenvalue weighted by molar-refractivity contribution is 5.90. The number of aromatic hydroxyl groups is 3. The molecule has 1 saturated heterocycles. The highest BCUT2D eigenvalue weighted by atomic mass is 16.8.